The van der Waals surface area contributed by atoms with Gasteiger partial charge in [-0.2, -0.15) is 0 Å². The van der Waals surface area contributed by atoms with Crippen LogP contribution < -0.4 is 5.73 Å². The Bertz CT molecular complexity index is 634. The minimum atomic E-state index is 0.368. The number of nitrogens with zero attached hydrogens (tertiary/aromatic N) is 4. The lowest BCUT2D eigenvalue weighted by Crippen LogP contribution is -2.12. The van der Waals surface area contributed by atoms with E-state index in [0.29, 0.717) is 17.1 Å². The lowest BCUT2D eigenvalue weighted by atomic mass is 9.92. The van der Waals surface area contributed by atoms with Crippen molar-refractivity contribution in [3.05, 3.63) is 22.7 Å². The zero-order valence-corrected chi connectivity index (χ0v) is 13.3. The maximum absolute atomic E-state index is 5.95. The van der Waals surface area contributed by atoms with Crippen LogP contribution in [0.4, 0.5) is 5.69 Å². The van der Waals surface area contributed by atoms with Gasteiger partial charge in [0.1, 0.15) is 0 Å². The lowest BCUT2D eigenvalue weighted by Gasteiger charge is -2.17. The monoisotopic (exact) mass is 335 g/mol. The number of hydrogen-bond acceptors (Lipinski definition) is 4. The second kappa shape index (κ2) is 4.84. The number of halogens is 1. The highest BCUT2D eigenvalue weighted by Crippen LogP contribution is 2.44. The van der Waals surface area contributed by atoms with Crippen LogP contribution in [0, 0.1) is 5.41 Å². The molecule has 20 heavy (non-hydrogen) atoms. The first-order valence-electron chi connectivity index (χ1n) is 6.79. The van der Waals surface area contributed by atoms with Crippen LogP contribution in [0.15, 0.2) is 22.7 Å². The Hall–Kier alpha value is -1.43. The molecule has 0 saturated heterocycles. The maximum Gasteiger partial charge on any atom is 0.182 e. The number of anilines is 1. The van der Waals surface area contributed by atoms with Crippen LogP contribution in [0.25, 0.3) is 11.4 Å². The Morgan fingerprint density at radius 2 is 2.20 bits per heavy atom. The van der Waals surface area contributed by atoms with E-state index in [1.54, 1.807) is 0 Å². The molecule has 0 bridgehead atoms. The molecule has 0 amide bonds. The highest BCUT2D eigenvalue weighted by molar-refractivity contribution is 9.10. The van der Waals surface area contributed by atoms with E-state index in [-0.39, 0.29) is 0 Å². The van der Waals surface area contributed by atoms with Crippen molar-refractivity contribution in [1.82, 2.24) is 20.2 Å². The van der Waals surface area contributed by atoms with Crippen LogP contribution in [0.2, 0.25) is 0 Å². The van der Waals surface area contributed by atoms with E-state index in [0.717, 1.165) is 28.7 Å². The van der Waals surface area contributed by atoms with Crippen molar-refractivity contribution in [2.75, 3.05) is 5.73 Å². The molecular weight excluding hydrogens is 318 g/mol. The smallest absolute Gasteiger partial charge is 0.182 e. The van der Waals surface area contributed by atoms with Gasteiger partial charge in [-0.25, -0.2) is 4.68 Å². The second-order valence-electron chi connectivity index (χ2n) is 6.24. The number of benzene rings is 1. The van der Waals surface area contributed by atoms with Gasteiger partial charge < -0.3 is 5.73 Å². The van der Waals surface area contributed by atoms with Crippen LogP contribution in [0.1, 0.15) is 39.2 Å². The first kappa shape index (κ1) is 13.5. The van der Waals surface area contributed by atoms with Crippen LogP contribution in [0.5, 0.6) is 0 Å². The minimum Gasteiger partial charge on any atom is -0.398 e. The van der Waals surface area contributed by atoms with Crippen molar-refractivity contribution in [1.29, 1.82) is 0 Å². The van der Waals surface area contributed by atoms with Gasteiger partial charge in [0.05, 0.1) is 6.04 Å². The Morgan fingerprint density at radius 3 is 2.85 bits per heavy atom. The molecule has 1 heterocycles. The Morgan fingerprint density at radius 1 is 1.40 bits per heavy atom. The molecule has 2 N–H and O–H groups in total. The summed E-state index contributed by atoms with van der Waals surface area (Å²) in [5.74, 6) is 0.798. The van der Waals surface area contributed by atoms with Gasteiger partial charge in [-0.1, -0.05) is 13.8 Å². The molecule has 1 aliphatic rings. The normalized spacial score (nSPS) is 21.2. The molecule has 1 aromatic heterocycles. The standard InChI is InChI=1S/C14H18BrN5/c1-14(2)6-5-10(8-14)20-13(17-18-19-20)9-3-4-11(15)12(16)7-9/h3-4,7,10H,5-6,8,16H2,1-2H3. The van der Waals surface area contributed by atoms with E-state index >= 15 is 0 Å². The van der Waals surface area contributed by atoms with E-state index in [2.05, 4.69) is 45.3 Å². The van der Waals surface area contributed by atoms with Gasteiger partial charge >= 0.3 is 0 Å². The van der Waals surface area contributed by atoms with Crippen molar-refractivity contribution in [2.45, 2.75) is 39.2 Å². The third kappa shape index (κ3) is 2.44. The fourth-order valence-electron chi connectivity index (χ4n) is 2.92. The highest BCUT2D eigenvalue weighted by atomic mass is 79.9. The summed E-state index contributed by atoms with van der Waals surface area (Å²) in [6.45, 7) is 4.60. The summed E-state index contributed by atoms with van der Waals surface area (Å²) in [5.41, 5.74) is 7.97. The van der Waals surface area contributed by atoms with E-state index in [4.69, 9.17) is 5.73 Å². The summed E-state index contributed by atoms with van der Waals surface area (Å²) in [6, 6.07) is 6.21. The van der Waals surface area contributed by atoms with Crippen molar-refractivity contribution >= 4 is 21.6 Å². The Labute approximate surface area is 126 Å². The van der Waals surface area contributed by atoms with Crippen molar-refractivity contribution in [3.8, 4) is 11.4 Å². The molecule has 1 unspecified atom stereocenters. The van der Waals surface area contributed by atoms with Crippen LogP contribution in [-0.2, 0) is 0 Å². The summed E-state index contributed by atoms with van der Waals surface area (Å²) in [6.07, 6.45) is 3.44. The molecule has 106 valence electrons. The van der Waals surface area contributed by atoms with Crippen LogP contribution in [0.3, 0.4) is 0 Å². The molecule has 5 nitrogen and oxygen atoms in total. The highest BCUT2D eigenvalue weighted by Gasteiger charge is 2.34. The molecule has 1 fully saturated rings. The fraction of sp³-hybridized carbons (Fsp3) is 0.500. The van der Waals surface area contributed by atoms with Crippen molar-refractivity contribution in [3.63, 3.8) is 0 Å². The number of aromatic nitrogens is 4. The second-order valence-corrected chi connectivity index (χ2v) is 7.10. The molecule has 6 heteroatoms. The molecule has 0 radical (unpaired) electrons. The quantitative estimate of drug-likeness (QED) is 0.853. The third-order valence-corrected chi connectivity index (χ3v) is 4.76. The van der Waals surface area contributed by atoms with Gasteiger partial charge in [0.15, 0.2) is 5.82 Å². The molecule has 0 spiro atoms. The summed E-state index contributed by atoms with van der Waals surface area (Å²) in [4.78, 5) is 0. The average molecular weight is 336 g/mol. The van der Waals surface area contributed by atoms with Crippen molar-refractivity contribution in [2.24, 2.45) is 5.41 Å². The Kier molecular flexibility index (Phi) is 3.28. The Balaban J connectivity index is 1.96. The molecular formula is C14H18BrN5. The summed E-state index contributed by atoms with van der Waals surface area (Å²) >= 11 is 3.41. The summed E-state index contributed by atoms with van der Waals surface area (Å²) in [7, 11) is 0. The average Bonchev–Trinajstić information content (AvgIpc) is 2.98. The number of hydrogen-bond donors (Lipinski definition) is 1. The maximum atomic E-state index is 5.95. The van der Waals surface area contributed by atoms with Gasteiger partial charge in [0, 0.05) is 15.7 Å². The molecule has 3 rings (SSSR count). The fourth-order valence-corrected chi connectivity index (χ4v) is 3.17. The number of nitrogens with two attached hydrogens (primary N) is 1. The first-order valence-corrected chi connectivity index (χ1v) is 7.59. The van der Waals surface area contributed by atoms with Gasteiger partial charge in [0.25, 0.3) is 0 Å². The van der Waals surface area contributed by atoms with E-state index in [9.17, 15) is 0 Å². The first-order chi connectivity index (χ1) is 9.46. The zero-order chi connectivity index (χ0) is 14.3. The van der Waals surface area contributed by atoms with Crippen LogP contribution >= 0.6 is 15.9 Å². The van der Waals surface area contributed by atoms with E-state index in [1.807, 2.05) is 22.9 Å². The van der Waals surface area contributed by atoms with Gasteiger partial charge in [-0.15, -0.1) is 5.10 Å². The largest absolute Gasteiger partial charge is 0.398 e. The van der Waals surface area contributed by atoms with Crippen LogP contribution in [-0.4, -0.2) is 20.2 Å². The molecule has 2 aromatic rings. The summed E-state index contributed by atoms with van der Waals surface area (Å²) < 4.78 is 2.85. The lowest BCUT2D eigenvalue weighted by molar-refractivity contribution is 0.349. The predicted molar refractivity (Wildman–Crippen MR) is 82.0 cm³/mol. The summed E-state index contributed by atoms with van der Waals surface area (Å²) in [5, 5.41) is 12.2. The molecule has 1 aliphatic carbocycles. The van der Waals surface area contributed by atoms with Crippen molar-refractivity contribution < 1.29 is 0 Å². The predicted octanol–water partition coefficient (Wildman–Crippen LogP) is 3.44. The van der Waals surface area contributed by atoms with Gasteiger partial charge in [-0.3, -0.25) is 0 Å². The number of tetrazole rings is 1. The molecule has 1 saturated carbocycles. The van der Waals surface area contributed by atoms with E-state index in [1.165, 1.54) is 6.42 Å². The number of rotatable bonds is 2. The molecule has 1 atom stereocenters. The zero-order valence-electron chi connectivity index (χ0n) is 11.7. The SMILES string of the molecule is CC1(C)CCC(n2nnnc2-c2ccc(Br)c(N)c2)C1. The molecule has 1 aromatic carbocycles. The van der Waals surface area contributed by atoms with E-state index < -0.39 is 0 Å². The van der Waals surface area contributed by atoms with Gasteiger partial charge in [0.2, 0.25) is 0 Å². The number of nitrogen functional groups attached to an aromatic ring is 1. The molecule has 0 aliphatic heterocycles. The third-order valence-electron chi connectivity index (χ3n) is 4.04. The van der Waals surface area contributed by atoms with Gasteiger partial charge in [-0.05, 0) is 69.2 Å². The minimum absolute atomic E-state index is 0.368. The topological polar surface area (TPSA) is 69.6 Å².